The molecule has 0 bridgehead atoms. The first-order valence-corrected chi connectivity index (χ1v) is 4.81. The molecule has 0 radical (unpaired) electrons. The summed E-state index contributed by atoms with van der Waals surface area (Å²) in [4.78, 5) is 21.9. The molecule has 0 heterocycles. The lowest BCUT2D eigenvalue weighted by Gasteiger charge is -2.14. The Balaban J connectivity index is 3.98. The molecule has 1 atom stereocenters. The van der Waals surface area contributed by atoms with Crippen LogP contribution in [0.3, 0.4) is 0 Å². The predicted octanol–water partition coefficient (Wildman–Crippen LogP) is -0.201. The van der Waals surface area contributed by atoms with Gasteiger partial charge < -0.3 is 20.5 Å². The summed E-state index contributed by atoms with van der Waals surface area (Å²) in [6, 6.07) is -1.50. The standard InChI is InChI=1S/C10H16N2O4/c1-3-6-11-10(15)12-8(9(13)14)5-4-7-16-2/h1,8H,4-7H2,2H3,(H,13,14)(H2,11,12,15). The van der Waals surface area contributed by atoms with E-state index < -0.39 is 18.0 Å². The summed E-state index contributed by atoms with van der Waals surface area (Å²) in [5.74, 6) is 1.14. The fourth-order valence-electron chi connectivity index (χ4n) is 1.03. The van der Waals surface area contributed by atoms with E-state index in [0.29, 0.717) is 19.4 Å². The zero-order valence-electron chi connectivity index (χ0n) is 9.16. The van der Waals surface area contributed by atoms with E-state index in [1.54, 1.807) is 0 Å². The van der Waals surface area contributed by atoms with Gasteiger partial charge in [0.2, 0.25) is 0 Å². The minimum absolute atomic E-state index is 0.0657. The number of hydrogen-bond acceptors (Lipinski definition) is 3. The molecular weight excluding hydrogens is 212 g/mol. The van der Waals surface area contributed by atoms with Crippen LogP contribution in [-0.4, -0.2) is 43.4 Å². The molecule has 3 N–H and O–H groups in total. The van der Waals surface area contributed by atoms with E-state index >= 15 is 0 Å². The van der Waals surface area contributed by atoms with Gasteiger partial charge in [0.15, 0.2) is 0 Å². The number of methoxy groups -OCH3 is 1. The molecule has 0 saturated heterocycles. The Morgan fingerprint density at radius 3 is 2.75 bits per heavy atom. The van der Waals surface area contributed by atoms with Crippen LogP contribution in [0.4, 0.5) is 4.79 Å². The van der Waals surface area contributed by atoms with Crippen molar-refractivity contribution in [3.05, 3.63) is 0 Å². The van der Waals surface area contributed by atoms with Gasteiger partial charge in [0.25, 0.3) is 0 Å². The molecule has 2 amide bonds. The number of urea groups is 1. The third-order valence-electron chi connectivity index (χ3n) is 1.80. The van der Waals surface area contributed by atoms with Gasteiger partial charge in [0.05, 0.1) is 6.54 Å². The van der Waals surface area contributed by atoms with Gasteiger partial charge in [-0.3, -0.25) is 0 Å². The Morgan fingerprint density at radius 1 is 1.56 bits per heavy atom. The average Bonchev–Trinajstić information content (AvgIpc) is 2.25. The number of carbonyl (C=O) groups is 2. The van der Waals surface area contributed by atoms with Crippen molar-refractivity contribution in [1.29, 1.82) is 0 Å². The van der Waals surface area contributed by atoms with E-state index in [-0.39, 0.29) is 6.54 Å². The fourth-order valence-corrected chi connectivity index (χ4v) is 1.03. The SMILES string of the molecule is C#CCNC(=O)NC(CCCOC)C(=O)O. The number of carboxylic acid groups (broad SMARTS) is 1. The van der Waals surface area contributed by atoms with Crippen molar-refractivity contribution in [2.24, 2.45) is 0 Å². The molecule has 0 aromatic heterocycles. The van der Waals surface area contributed by atoms with E-state index in [1.807, 2.05) is 0 Å². The maximum absolute atomic E-state index is 11.1. The highest BCUT2D eigenvalue weighted by molar-refractivity contribution is 5.82. The van der Waals surface area contributed by atoms with Gasteiger partial charge in [-0.2, -0.15) is 0 Å². The Labute approximate surface area is 94.4 Å². The number of terminal acetylenes is 1. The minimum atomic E-state index is -1.08. The first kappa shape index (κ1) is 14.3. The highest BCUT2D eigenvalue weighted by Crippen LogP contribution is 1.97. The summed E-state index contributed by atoms with van der Waals surface area (Å²) in [5, 5.41) is 13.5. The number of carbonyl (C=O) groups excluding carboxylic acids is 1. The van der Waals surface area contributed by atoms with Gasteiger partial charge in [-0.1, -0.05) is 5.92 Å². The zero-order chi connectivity index (χ0) is 12.4. The quantitative estimate of drug-likeness (QED) is 0.416. The van der Waals surface area contributed by atoms with Crippen molar-refractivity contribution in [2.75, 3.05) is 20.3 Å². The third-order valence-corrected chi connectivity index (χ3v) is 1.80. The molecule has 6 nitrogen and oxygen atoms in total. The van der Waals surface area contributed by atoms with E-state index in [0.717, 1.165) is 0 Å². The zero-order valence-corrected chi connectivity index (χ0v) is 9.16. The maximum atomic E-state index is 11.1. The molecule has 90 valence electrons. The summed E-state index contributed by atoms with van der Waals surface area (Å²) in [6.45, 7) is 0.522. The van der Waals surface area contributed by atoms with Gasteiger partial charge in [0.1, 0.15) is 6.04 Å². The van der Waals surface area contributed by atoms with Crippen LogP contribution >= 0.6 is 0 Å². The number of aliphatic carboxylic acids is 1. The number of carboxylic acids is 1. The van der Waals surface area contributed by atoms with Crippen molar-refractivity contribution in [1.82, 2.24) is 10.6 Å². The van der Waals surface area contributed by atoms with Crippen molar-refractivity contribution in [3.63, 3.8) is 0 Å². The van der Waals surface area contributed by atoms with E-state index in [2.05, 4.69) is 16.6 Å². The fraction of sp³-hybridized carbons (Fsp3) is 0.600. The monoisotopic (exact) mass is 228 g/mol. The molecule has 1 unspecified atom stereocenters. The maximum Gasteiger partial charge on any atom is 0.326 e. The van der Waals surface area contributed by atoms with Gasteiger partial charge in [-0.15, -0.1) is 6.42 Å². The van der Waals surface area contributed by atoms with E-state index in [9.17, 15) is 9.59 Å². The molecule has 0 rings (SSSR count). The Hall–Kier alpha value is -1.74. The lowest BCUT2D eigenvalue weighted by Crippen LogP contribution is -2.46. The molecule has 0 aliphatic heterocycles. The van der Waals surface area contributed by atoms with Gasteiger partial charge in [0, 0.05) is 13.7 Å². The molecule has 0 aromatic rings. The lowest BCUT2D eigenvalue weighted by molar-refractivity contribution is -0.139. The summed E-state index contributed by atoms with van der Waals surface area (Å²) in [5.41, 5.74) is 0. The van der Waals surface area contributed by atoms with Crippen molar-refractivity contribution in [3.8, 4) is 12.3 Å². The second kappa shape index (κ2) is 8.56. The molecule has 0 fully saturated rings. The number of amides is 2. The normalized spacial score (nSPS) is 11.2. The third kappa shape index (κ3) is 6.68. The van der Waals surface area contributed by atoms with Crippen molar-refractivity contribution in [2.45, 2.75) is 18.9 Å². The van der Waals surface area contributed by atoms with Crippen LogP contribution in [0.2, 0.25) is 0 Å². The molecule has 0 aliphatic rings. The minimum Gasteiger partial charge on any atom is -0.480 e. The van der Waals surface area contributed by atoms with Gasteiger partial charge in [-0.05, 0) is 12.8 Å². The number of rotatable bonds is 7. The molecule has 0 aliphatic carbocycles. The molecule has 0 saturated carbocycles. The molecular formula is C10H16N2O4. The van der Waals surface area contributed by atoms with E-state index in [1.165, 1.54) is 7.11 Å². The van der Waals surface area contributed by atoms with Crippen molar-refractivity contribution < 1.29 is 19.4 Å². The molecule has 0 spiro atoms. The predicted molar refractivity (Wildman–Crippen MR) is 57.9 cm³/mol. The highest BCUT2D eigenvalue weighted by atomic mass is 16.5. The largest absolute Gasteiger partial charge is 0.480 e. The Bertz CT molecular complexity index is 272. The first-order chi connectivity index (χ1) is 7.61. The highest BCUT2D eigenvalue weighted by Gasteiger charge is 2.18. The average molecular weight is 228 g/mol. The van der Waals surface area contributed by atoms with Crippen LogP contribution in [0.15, 0.2) is 0 Å². The first-order valence-electron chi connectivity index (χ1n) is 4.81. The summed E-state index contributed by atoms with van der Waals surface area (Å²) in [7, 11) is 1.53. The number of hydrogen-bond donors (Lipinski definition) is 3. The second-order valence-electron chi connectivity index (χ2n) is 3.06. The Kier molecular flexibility index (Phi) is 7.63. The summed E-state index contributed by atoms with van der Waals surface area (Å²) in [6.07, 6.45) is 5.81. The van der Waals surface area contributed by atoms with Crippen LogP contribution in [0, 0.1) is 12.3 Å². The van der Waals surface area contributed by atoms with Crippen molar-refractivity contribution >= 4 is 12.0 Å². The van der Waals surface area contributed by atoms with Crippen LogP contribution in [0.1, 0.15) is 12.8 Å². The number of nitrogens with one attached hydrogen (secondary N) is 2. The topological polar surface area (TPSA) is 87.7 Å². The van der Waals surface area contributed by atoms with Crippen LogP contribution < -0.4 is 10.6 Å². The smallest absolute Gasteiger partial charge is 0.326 e. The van der Waals surface area contributed by atoms with Crippen LogP contribution in [0.5, 0.6) is 0 Å². The van der Waals surface area contributed by atoms with Crippen LogP contribution in [-0.2, 0) is 9.53 Å². The second-order valence-corrected chi connectivity index (χ2v) is 3.06. The Morgan fingerprint density at radius 2 is 2.25 bits per heavy atom. The van der Waals surface area contributed by atoms with Gasteiger partial charge in [-0.25, -0.2) is 9.59 Å². The van der Waals surface area contributed by atoms with E-state index in [4.69, 9.17) is 16.3 Å². The summed E-state index contributed by atoms with van der Waals surface area (Å²) < 4.78 is 4.79. The number of ether oxygens (including phenoxy) is 1. The van der Waals surface area contributed by atoms with Crippen LogP contribution in [0.25, 0.3) is 0 Å². The summed E-state index contributed by atoms with van der Waals surface area (Å²) >= 11 is 0. The molecule has 16 heavy (non-hydrogen) atoms. The lowest BCUT2D eigenvalue weighted by atomic mass is 10.1. The molecule has 0 aromatic carbocycles. The molecule has 6 heteroatoms. The van der Waals surface area contributed by atoms with Gasteiger partial charge >= 0.3 is 12.0 Å².